The smallest absolute Gasteiger partial charge is 0.406 e. The van der Waals surface area contributed by atoms with Gasteiger partial charge in [-0.1, -0.05) is 6.07 Å². The maximum atomic E-state index is 12.6. The summed E-state index contributed by atoms with van der Waals surface area (Å²) in [6.45, 7) is 7.35. The molecule has 0 amide bonds. The van der Waals surface area contributed by atoms with E-state index in [1.807, 2.05) is 32.9 Å². The second-order valence-corrected chi connectivity index (χ2v) is 5.46. The fourth-order valence-electron chi connectivity index (χ4n) is 2.30. The number of carbonyl (C=O) groups is 1. The third-order valence-electron chi connectivity index (χ3n) is 3.70. The highest BCUT2D eigenvalue weighted by atomic mass is 16.6. The van der Waals surface area contributed by atoms with Crippen LogP contribution in [0.15, 0.2) is 30.5 Å². The number of hydrogen-bond donors (Lipinski definition) is 0. The zero-order valence-corrected chi connectivity index (χ0v) is 13.5. The van der Waals surface area contributed by atoms with Crippen LogP contribution in [0.3, 0.4) is 0 Å². The lowest BCUT2D eigenvalue weighted by Crippen LogP contribution is -2.25. The Kier molecular flexibility index (Phi) is 4.74. The van der Waals surface area contributed by atoms with E-state index in [0.29, 0.717) is 5.56 Å². The molecule has 1 aromatic carbocycles. The number of ketones is 1. The van der Waals surface area contributed by atoms with Crippen molar-refractivity contribution in [3.63, 3.8) is 0 Å². The van der Waals surface area contributed by atoms with E-state index in [4.69, 9.17) is 4.74 Å². The monoisotopic (exact) mass is 314 g/mol. The van der Waals surface area contributed by atoms with Gasteiger partial charge in [0.15, 0.2) is 6.10 Å². The first-order chi connectivity index (χ1) is 10.8. The summed E-state index contributed by atoms with van der Waals surface area (Å²) in [5.41, 5.74) is 3.54. The summed E-state index contributed by atoms with van der Waals surface area (Å²) in [7, 11) is 0. The van der Waals surface area contributed by atoms with E-state index in [2.05, 4.69) is 4.98 Å². The Morgan fingerprint density at radius 2 is 1.87 bits per heavy atom. The van der Waals surface area contributed by atoms with Crippen LogP contribution in [0.1, 0.15) is 34.0 Å². The molecule has 1 atom stereocenters. The van der Waals surface area contributed by atoms with Gasteiger partial charge in [-0.2, -0.15) is 0 Å². The molecule has 0 bridgehead atoms. The molecule has 0 radical (unpaired) electrons. The van der Waals surface area contributed by atoms with E-state index in [1.54, 1.807) is 6.92 Å². The molecule has 1 heterocycles. The summed E-state index contributed by atoms with van der Waals surface area (Å²) in [6, 6.07) is 6.73. The molecule has 2 aromatic rings. The van der Waals surface area contributed by atoms with Gasteiger partial charge in [0, 0.05) is 5.56 Å². The van der Waals surface area contributed by atoms with Crippen LogP contribution >= 0.6 is 0 Å². The van der Waals surface area contributed by atoms with Crippen LogP contribution in [0.2, 0.25) is 0 Å². The number of nitro groups is 1. The van der Waals surface area contributed by atoms with Gasteiger partial charge in [0.25, 0.3) is 0 Å². The van der Waals surface area contributed by atoms with Crippen molar-refractivity contribution in [1.82, 2.24) is 4.98 Å². The Labute approximate surface area is 134 Å². The van der Waals surface area contributed by atoms with Gasteiger partial charge >= 0.3 is 5.82 Å². The number of pyridine rings is 1. The second kappa shape index (κ2) is 6.56. The summed E-state index contributed by atoms with van der Waals surface area (Å²) in [6.07, 6.45) is 0.462. The highest BCUT2D eigenvalue weighted by molar-refractivity contribution is 6.01. The molecule has 0 saturated carbocycles. The zero-order chi connectivity index (χ0) is 17.1. The number of carbonyl (C=O) groups excluding carboxylic acids is 1. The molecule has 2 rings (SSSR count). The molecule has 6 heteroatoms. The normalized spacial score (nSPS) is 11.8. The maximum Gasteiger partial charge on any atom is 0.406 e. The van der Waals surface area contributed by atoms with E-state index in [9.17, 15) is 14.9 Å². The van der Waals surface area contributed by atoms with Crippen LogP contribution in [-0.4, -0.2) is 21.8 Å². The van der Waals surface area contributed by atoms with Crippen LogP contribution in [0.5, 0.6) is 5.75 Å². The van der Waals surface area contributed by atoms with Gasteiger partial charge in [-0.3, -0.25) is 4.79 Å². The number of nitrogens with zero attached hydrogens (tertiary/aromatic N) is 2. The Bertz CT molecular complexity index is 771. The highest BCUT2D eigenvalue weighted by Gasteiger charge is 2.24. The summed E-state index contributed by atoms with van der Waals surface area (Å²) >= 11 is 0. The largest absolute Gasteiger partial charge is 0.474 e. The Morgan fingerprint density at radius 3 is 2.52 bits per heavy atom. The predicted molar refractivity (Wildman–Crippen MR) is 86.0 cm³/mol. The standard InChI is InChI=1S/C17H18N2O4/c1-10-8-12(3)14(9-11(10)2)16(20)13(4)23-15-6-5-7-18-17(15)19(21)22/h5-9,13H,1-4H3. The predicted octanol–water partition coefficient (Wildman–Crippen LogP) is 3.57. The van der Waals surface area contributed by atoms with Gasteiger partial charge in [-0.15, -0.1) is 0 Å². The molecule has 0 aliphatic carbocycles. The summed E-state index contributed by atoms with van der Waals surface area (Å²) in [5, 5.41) is 11.0. The summed E-state index contributed by atoms with van der Waals surface area (Å²) in [4.78, 5) is 26.6. The van der Waals surface area contributed by atoms with E-state index >= 15 is 0 Å². The fourth-order valence-corrected chi connectivity index (χ4v) is 2.30. The van der Waals surface area contributed by atoms with E-state index in [1.165, 1.54) is 18.3 Å². The number of Topliss-reactive ketones (excluding diaryl/α,β-unsaturated/α-hetero) is 1. The molecule has 0 saturated heterocycles. The number of rotatable bonds is 5. The van der Waals surface area contributed by atoms with Crippen molar-refractivity contribution in [1.29, 1.82) is 0 Å². The van der Waals surface area contributed by atoms with Gasteiger partial charge in [0.05, 0.1) is 0 Å². The van der Waals surface area contributed by atoms with E-state index < -0.39 is 16.8 Å². The second-order valence-electron chi connectivity index (χ2n) is 5.46. The molecule has 1 aromatic heterocycles. The Hall–Kier alpha value is -2.76. The van der Waals surface area contributed by atoms with Crippen LogP contribution in [0.25, 0.3) is 0 Å². The Morgan fingerprint density at radius 1 is 1.22 bits per heavy atom. The van der Waals surface area contributed by atoms with Gasteiger partial charge in [-0.25, -0.2) is 0 Å². The number of ether oxygens (including phenoxy) is 1. The first-order valence-electron chi connectivity index (χ1n) is 7.19. The van der Waals surface area contributed by atoms with Gasteiger partial charge in [-0.05, 0) is 72.5 Å². The lowest BCUT2D eigenvalue weighted by molar-refractivity contribution is -0.390. The average Bonchev–Trinajstić information content (AvgIpc) is 2.50. The first kappa shape index (κ1) is 16.6. The SMILES string of the molecule is Cc1cc(C)c(C(=O)C(C)Oc2cccnc2[N+](=O)[O-])cc1C. The van der Waals surface area contributed by atoms with Crippen molar-refractivity contribution in [2.45, 2.75) is 33.8 Å². The highest BCUT2D eigenvalue weighted by Crippen LogP contribution is 2.25. The zero-order valence-electron chi connectivity index (χ0n) is 13.5. The number of benzene rings is 1. The van der Waals surface area contributed by atoms with Crippen molar-refractivity contribution < 1.29 is 14.5 Å². The minimum Gasteiger partial charge on any atom is -0.474 e. The van der Waals surface area contributed by atoms with Crippen molar-refractivity contribution >= 4 is 11.6 Å². The van der Waals surface area contributed by atoms with Gasteiger partial charge < -0.3 is 14.9 Å². The number of aryl methyl sites for hydroxylation is 3. The molecule has 0 spiro atoms. The average molecular weight is 314 g/mol. The van der Waals surface area contributed by atoms with E-state index in [-0.39, 0.29) is 11.5 Å². The number of hydrogen-bond acceptors (Lipinski definition) is 5. The minimum absolute atomic E-state index is 0.0140. The minimum atomic E-state index is -0.848. The lowest BCUT2D eigenvalue weighted by Gasteiger charge is -2.15. The van der Waals surface area contributed by atoms with Crippen LogP contribution in [-0.2, 0) is 0 Å². The quantitative estimate of drug-likeness (QED) is 0.478. The van der Waals surface area contributed by atoms with Gasteiger partial charge in [0.2, 0.25) is 11.5 Å². The molecule has 0 aliphatic rings. The number of aromatic nitrogens is 1. The molecule has 1 unspecified atom stereocenters. The molecule has 23 heavy (non-hydrogen) atoms. The first-order valence-corrected chi connectivity index (χ1v) is 7.19. The third kappa shape index (κ3) is 3.53. The van der Waals surface area contributed by atoms with Crippen molar-refractivity contribution in [2.24, 2.45) is 0 Å². The molecule has 0 fully saturated rings. The molecule has 6 nitrogen and oxygen atoms in total. The van der Waals surface area contributed by atoms with Crippen molar-refractivity contribution in [2.75, 3.05) is 0 Å². The van der Waals surface area contributed by atoms with Crippen LogP contribution in [0.4, 0.5) is 5.82 Å². The topological polar surface area (TPSA) is 82.3 Å². The Balaban J connectivity index is 2.28. The molecule has 0 aliphatic heterocycles. The lowest BCUT2D eigenvalue weighted by atomic mass is 9.96. The molecular formula is C17H18N2O4. The van der Waals surface area contributed by atoms with E-state index in [0.717, 1.165) is 16.7 Å². The van der Waals surface area contributed by atoms with Crippen molar-refractivity contribution in [3.8, 4) is 5.75 Å². The third-order valence-corrected chi connectivity index (χ3v) is 3.70. The van der Waals surface area contributed by atoms with Crippen LogP contribution in [0, 0.1) is 30.9 Å². The summed E-state index contributed by atoms with van der Waals surface area (Å²) in [5.74, 6) is -0.632. The van der Waals surface area contributed by atoms with Crippen LogP contribution < -0.4 is 4.74 Å². The van der Waals surface area contributed by atoms with Gasteiger partial charge in [0.1, 0.15) is 6.20 Å². The fraction of sp³-hybridized carbons (Fsp3) is 0.294. The van der Waals surface area contributed by atoms with Crippen molar-refractivity contribution in [3.05, 3.63) is 62.8 Å². The maximum absolute atomic E-state index is 12.6. The molecule has 0 N–H and O–H groups in total. The molecule has 120 valence electrons. The summed E-state index contributed by atoms with van der Waals surface area (Å²) < 4.78 is 5.49. The molecular weight excluding hydrogens is 296 g/mol.